The number of phenolic OH excluding ortho intramolecular Hbond substituents is 1. The zero-order valence-corrected chi connectivity index (χ0v) is 18.7. The van der Waals surface area contributed by atoms with Gasteiger partial charge in [0.25, 0.3) is 5.91 Å². The van der Waals surface area contributed by atoms with Crippen LogP contribution in [-0.4, -0.2) is 35.2 Å². The van der Waals surface area contributed by atoms with Crippen LogP contribution < -0.4 is 10.6 Å². The summed E-state index contributed by atoms with van der Waals surface area (Å²) in [5.41, 5.74) is 3.80. The van der Waals surface area contributed by atoms with Crippen molar-refractivity contribution in [3.05, 3.63) is 83.4 Å². The van der Waals surface area contributed by atoms with Crippen molar-refractivity contribution in [3.8, 4) is 5.75 Å². The van der Waals surface area contributed by atoms with Crippen molar-refractivity contribution in [2.75, 3.05) is 6.54 Å². The predicted molar refractivity (Wildman–Crippen MR) is 129 cm³/mol. The molecule has 2 aliphatic rings. The zero-order chi connectivity index (χ0) is 22.8. The van der Waals surface area contributed by atoms with E-state index in [0.29, 0.717) is 24.2 Å². The molecule has 1 atom stereocenters. The van der Waals surface area contributed by atoms with Gasteiger partial charge in [0.15, 0.2) is 0 Å². The summed E-state index contributed by atoms with van der Waals surface area (Å²) >= 11 is 1.60. The fourth-order valence-corrected chi connectivity index (χ4v) is 5.04. The smallest absolute Gasteiger partial charge is 0.252 e. The molecule has 3 N–H and O–H groups in total. The maximum Gasteiger partial charge on any atom is 0.252 e. The Kier molecular flexibility index (Phi) is 5.88. The standard InChI is InChI=1S/C26H23N3O3S/c30-18-11-8-16(9-12-18)24-19-5-1-2-7-22(19)33-23-13-10-17(15-21(23)28-24)25(31)29-20-6-3-4-14-27-26(20)32/h1-2,5,7-13,15,20,30H,3-4,6,14H2,(H,27,32)(H,29,31). The number of phenols is 1. The number of hydrogen-bond acceptors (Lipinski definition) is 5. The van der Waals surface area contributed by atoms with Crippen LogP contribution >= 0.6 is 11.8 Å². The molecule has 1 fully saturated rings. The highest BCUT2D eigenvalue weighted by Gasteiger charge is 2.24. The van der Waals surface area contributed by atoms with Gasteiger partial charge < -0.3 is 15.7 Å². The molecule has 6 nitrogen and oxygen atoms in total. The third-order valence-electron chi connectivity index (χ3n) is 5.80. The van der Waals surface area contributed by atoms with Crippen LogP contribution in [0.3, 0.4) is 0 Å². The van der Waals surface area contributed by atoms with Gasteiger partial charge in [-0.05, 0) is 67.8 Å². The minimum absolute atomic E-state index is 0.130. The number of hydrogen-bond donors (Lipinski definition) is 3. The van der Waals surface area contributed by atoms with Crippen LogP contribution in [0.2, 0.25) is 0 Å². The van der Waals surface area contributed by atoms with Crippen LogP contribution in [0.25, 0.3) is 0 Å². The molecule has 0 saturated carbocycles. The summed E-state index contributed by atoms with van der Waals surface area (Å²) in [6, 6.07) is 19.9. The lowest BCUT2D eigenvalue weighted by molar-refractivity contribution is -0.122. The van der Waals surface area contributed by atoms with Crippen molar-refractivity contribution in [2.24, 2.45) is 4.99 Å². The van der Waals surface area contributed by atoms with Gasteiger partial charge in [-0.15, -0.1) is 0 Å². The van der Waals surface area contributed by atoms with E-state index in [0.717, 1.165) is 39.5 Å². The van der Waals surface area contributed by atoms with E-state index < -0.39 is 6.04 Å². The van der Waals surface area contributed by atoms with E-state index in [1.165, 1.54) is 0 Å². The highest BCUT2D eigenvalue weighted by atomic mass is 32.2. The van der Waals surface area contributed by atoms with E-state index in [9.17, 15) is 14.7 Å². The summed E-state index contributed by atoms with van der Waals surface area (Å²) in [4.78, 5) is 32.2. The van der Waals surface area contributed by atoms with E-state index in [1.807, 2.05) is 36.4 Å². The van der Waals surface area contributed by atoms with Gasteiger partial charge in [0.1, 0.15) is 11.8 Å². The fraction of sp³-hybridized carbons (Fsp3) is 0.192. The zero-order valence-electron chi connectivity index (χ0n) is 17.9. The highest BCUT2D eigenvalue weighted by Crippen LogP contribution is 2.41. The van der Waals surface area contributed by atoms with Gasteiger partial charge in [-0.1, -0.05) is 30.0 Å². The van der Waals surface area contributed by atoms with Gasteiger partial charge in [-0.2, -0.15) is 0 Å². The molecule has 33 heavy (non-hydrogen) atoms. The van der Waals surface area contributed by atoms with E-state index in [1.54, 1.807) is 36.0 Å². The number of carbonyl (C=O) groups excluding carboxylic acids is 2. The molecule has 0 radical (unpaired) electrons. The van der Waals surface area contributed by atoms with Gasteiger partial charge in [0, 0.05) is 33.0 Å². The SMILES string of the molecule is O=C(NC1CCCCNC1=O)c1ccc2c(c1)N=C(c1ccc(O)cc1)c1ccccc1S2. The van der Waals surface area contributed by atoms with Crippen LogP contribution in [0.4, 0.5) is 5.69 Å². The Morgan fingerprint density at radius 1 is 1.03 bits per heavy atom. The number of aliphatic imine (C=N–C) groups is 1. The third-order valence-corrected chi connectivity index (χ3v) is 6.94. The topological polar surface area (TPSA) is 90.8 Å². The molecule has 3 aromatic rings. The lowest BCUT2D eigenvalue weighted by Gasteiger charge is -2.15. The van der Waals surface area contributed by atoms with Gasteiger partial charge in [-0.25, -0.2) is 4.99 Å². The molecule has 3 aromatic carbocycles. The molecule has 2 aliphatic heterocycles. The second kappa shape index (κ2) is 9.11. The van der Waals surface area contributed by atoms with Gasteiger partial charge >= 0.3 is 0 Å². The summed E-state index contributed by atoms with van der Waals surface area (Å²) in [7, 11) is 0. The number of nitrogens with zero attached hydrogens (tertiary/aromatic N) is 1. The van der Waals surface area contributed by atoms with E-state index in [4.69, 9.17) is 4.99 Å². The maximum atomic E-state index is 13.0. The first-order chi connectivity index (χ1) is 16.1. The molecule has 1 unspecified atom stereocenters. The number of fused-ring (bicyclic) bond motifs is 2. The van der Waals surface area contributed by atoms with Crippen molar-refractivity contribution in [2.45, 2.75) is 35.1 Å². The maximum absolute atomic E-state index is 13.0. The van der Waals surface area contributed by atoms with Crippen molar-refractivity contribution in [1.82, 2.24) is 10.6 Å². The Labute approximate surface area is 196 Å². The molecule has 1 saturated heterocycles. The first-order valence-corrected chi connectivity index (χ1v) is 11.8. The monoisotopic (exact) mass is 457 g/mol. The van der Waals surface area contributed by atoms with Crippen LogP contribution in [0.1, 0.15) is 40.7 Å². The molecular weight excluding hydrogens is 434 g/mol. The van der Waals surface area contributed by atoms with Crippen molar-refractivity contribution in [3.63, 3.8) is 0 Å². The number of rotatable bonds is 3. The summed E-state index contributed by atoms with van der Waals surface area (Å²) in [6.07, 6.45) is 2.45. The van der Waals surface area contributed by atoms with Gasteiger partial charge in [-0.3, -0.25) is 9.59 Å². The Morgan fingerprint density at radius 3 is 2.70 bits per heavy atom. The van der Waals surface area contributed by atoms with Gasteiger partial charge in [0.2, 0.25) is 5.91 Å². The minimum atomic E-state index is -0.520. The number of carbonyl (C=O) groups is 2. The van der Waals surface area contributed by atoms with Crippen LogP contribution in [-0.2, 0) is 4.79 Å². The lowest BCUT2D eigenvalue weighted by atomic mass is 10.0. The molecule has 166 valence electrons. The number of nitrogens with one attached hydrogen (secondary N) is 2. The number of benzene rings is 3. The van der Waals surface area contributed by atoms with Crippen molar-refractivity contribution in [1.29, 1.82) is 0 Å². The summed E-state index contributed by atoms with van der Waals surface area (Å²) in [6.45, 7) is 0.649. The predicted octanol–water partition coefficient (Wildman–Crippen LogP) is 4.42. The Balaban J connectivity index is 1.52. The molecule has 0 spiro atoms. The van der Waals surface area contributed by atoms with Crippen LogP contribution in [0.5, 0.6) is 5.75 Å². The minimum Gasteiger partial charge on any atom is -0.508 e. The summed E-state index contributed by atoms with van der Waals surface area (Å²) < 4.78 is 0. The molecule has 7 heteroatoms. The second-order valence-corrected chi connectivity index (χ2v) is 9.18. The first kappa shape index (κ1) is 21.3. The lowest BCUT2D eigenvalue weighted by Crippen LogP contribution is -2.45. The first-order valence-electron chi connectivity index (χ1n) is 11.0. The molecule has 2 amide bonds. The molecule has 0 bridgehead atoms. The fourth-order valence-electron chi connectivity index (χ4n) is 4.04. The average Bonchev–Trinajstić information content (AvgIpc) is 3.13. The van der Waals surface area contributed by atoms with Crippen molar-refractivity contribution >= 4 is 35.0 Å². The molecule has 5 rings (SSSR count). The quantitative estimate of drug-likeness (QED) is 0.425. The third kappa shape index (κ3) is 4.50. The van der Waals surface area contributed by atoms with Crippen molar-refractivity contribution < 1.29 is 14.7 Å². The Morgan fingerprint density at radius 2 is 1.85 bits per heavy atom. The normalized spacial score (nSPS) is 17.5. The molecule has 0 aromatic heterocycles. The second-order valence-electron chi connectivity index (χ2n) is 8.10. The van der Waals surface area contributed by atoms with E-state index in [-0.39, 0.29) is 17.6 Å². The molecule has 2 heterocycles. The van der Waals surface area contributed by atoms with Crippen LogP contribution in [0.15, 0.2) is 81.5 Å². The summed E-state index contributed by atoms with van der Waals surface area (Å²) in [5, 5.41) is 15.4. The number of amides is 2. The van der Waals surface area contributed by atoms with E-state index >= 15 is 0 Å². The van der Waals surface area contributed by atoms with Gasteiger partial charge in [0.05, 0.1) is 11.4 Å². The largest absolute Gasteiger partial charge is 0.508 e. The van der Waals surface area contributed by atoms with Crippen LogP contribution in [0, 0.1) is 0 Å². The Hall–Kier alpha value is -3.58. The Bertz CT molecular complexity index is 1250. The highest BCUT2D eigenvalue weighted by molar-refractivity contribution is 7.99. The van der Waals surface area contributed by atoms with E-state index in [2.05, 4.69) is 16.7 Å². The molecular formula is C26H23N3O3S. The number of aromatic hydroxyl groups is 1. The average molecular weight is 458 g/mol. The molecule has 0 aliphatic carbocycles. The summed E-state index contributed by atoms with van der Waals surface area (Å²) in [5.74, 6) is -0.222.